The predicted octanol–water partition coefficient (Wildman–Crippen LogP) is 4.28. The molecule has 100 valence electrons. The Kier molecular flexibility index (Phi) is 3.38. The number of H-pyrrole nitrogens is 1. The first-order valence-electron chi connectivity index (χ1n) is 6.86. The molecule has 3 aromatic rings. The summed E-state index contributed by atoms with van der Waals surface area (Å²) >= 11 is 0. The Labute approximate surface area is 118 Å². The molecule has 0 aliphatic carbocycles. The Morgan fingerprint density at radius 3 is 2.50 bits per heavy atom. The van der Waals surface area contributed by atoms with Crippen LogP contribution in [0.1, 0.15) is 30.4 Å². The minimum atomic E-state index is 0.116. The van der Waals surface area contributed by atoms with E-state index in [2.05, 4.69) is 29.2 Å². The lowest BCUT2D eigenvalue weighted by Gasteiger charge is -2.15. The molecule has 2 heteroatoms. The molecule has 1 N–H and O–H groups in total. The minimum absolute atomic E-state index is 0.116. The third kappa shape index (κ3) is 2.37. The van der Waals surface area contributed by atoms with Crippen LogP contribution in [-0.2, 0) is 4.79 Å². The van der Waals surface area contributed by atoms with E-state index in [1.54, 1.807) is 6.92 Å². The molecule has 1 heterocycles. The van der Waals surface area contributed by atoms with E-state index in [0.29, 0.717) is 6.42 Å². The third-order valence-corrected chi connectivity index (χ3v) is 3.69. The molecule has 1 aromatic heterocycles. The van der Waals surface area contributed by atoms with Crippen molar-refractivity contribution in [2.45, 2.75) is 19.3 Å². The van der Waals surface area contributed by atoms with Gasteiger partial charge in [0.05, 0.1) is 0 Å². The van der Waals surface area contributed by atoms with Gasteiger partial charge in [-0.1, -0.05) is 48.5 Å². The summed E-state index contributed by atoms with van der Waals surface area (Å²) in [5.74, 6) is 0.328. The van der Waals surface area contributed by atoms with E-state index >= 15 is 0 Å². The van der Waals surface area contributed by atoms with Gasteiger partial charge in [0.1, 0.15) is 5.78 Å². The SMILES string of the molecule is CC(=O)CC(c1ccccc1)c1c[nH]c2ccccc12. The van der Waals surface area contributed by atoms with Gasteiger partial charge in [-0.15, -0.1) is 0 Å². The summed E-state index contributed by atoms with van der Waals surface area (Å²) in [5, 5.41) is 1.20. The lowest BCUT2D eigenvalue weighted by molar-refractivity contribution is -0.117. The highest BCUT2D eigenvalue weighted by molar-refractivity contribution is 5.85. The first kappa shape index (κ1) is 12.7. The van der Waals surface area contributed by atoms with Crippen molar-refractivity contribution in [3.8, 4) is 0 Å². The monoisotopic (exact) mass is 263 g/mol. The maximum absolute atomic E-state index is 11.6. The van der Waals surface area contributed by atoms with Gasteiger partial charge >= 0.3 is 0 Å². The number of carbonyl (C=O) groups excluding carboxylic acids is 1. The normalized spacial score (nSPS) is 12.4. The number of rotatable bonds is 4. The molecule has 2 nitrogen and oxygen atoms in total. The lowest BCUT2D eigenvalue weighted by Crippen LogP contribution is -2.05. The van der Waals surface area contributed by atoms with E-state index in [-0.39, 0.29) is 11.7 Å². The van der Waals surface area contributed by atoms with Gasteiger partial charge in [-0.05, 0) is 24.1 Å². The summed E-state index contributed by atoms with van der Waals surface area (Å²) in [6.45, 7) is 1.66. The largest absolute Gasteiger partial charge is 0.361 e. The number of carbonyl (C=O) groups is 1. The predicted molar refractivity (Wildman–Crippen MR) is 81.9 cm³/mol. The number of fused-ring (bicyclic) bond motifs is 1. The van der Waals surface area contributed by atoms with Crippen molar-refractivity contribution in [2.24, 2.45) is 0 Å². The number of aromatic nitrogens is 1. The third-order valence-electron chi connectivity index (χ3n) is 3.69. The van der Waals surface area contributed by atoms with Gasteiger partial charge in [0.2, 0.25) is 0 Å². The highest BCUT2D eigenvalue weighted by Gasteiger charge is 2.19. The smallest absolute Gasteiger partial charge is 0.130 e. The minimum Gasteiger partial charge on any atom is -0.361 e. The second-order valence-electron chi connectivity index (χ2n) is 5.16. The zero-order chi connectivity index (χ0) is 13.9. The Balaban J connectivity index is 2.12. The highest BCUT2D eigenvalue weighted by atomic mass is 16.1. The average Bonchev–Trinajstić information content (AvgIpc) is 2.89. The fraction of sp³-hybridized carbons (Fsp3) is 0.167. The topological polar surface area (TPSA) is 32.9 Å². The Hall–Kier alpha value is -2.35. The number of ketones is 1. The molecule has 0 saturated heterocycles. The van der Waals surface area contributed by atoms with Gasteiger partial charge in [0.15, 0.2) is 0 Å². The van der Waals surface area contributed by atoms with Crippen molar-refractivity contribution >= 4 is 16.7 Å². The molecule has 0 aliphatic rings. The molecule has 0 bridgehead atoms. The summed E-state index contributed by atoms with van der Waals surface area (Å²) in [6, 6.07) is 18.5. The van der Waals surface area contributed by atoms with Crippen LogP contribution in [0, 0.1) is 0 Å². The van der Waals surface area contributed by atoms with Crippen LogP contribution in [0.5, 0.6) is 0 Å². The number of Topliss-reactive ketones (excluding diaryl/α,β-unsaturated/α-hetero) is 1. The molecule has 0 radical (unpaired) electrons. The van der Waals surface area contributed by atoms with Crippen molar-refractivity contribution in [2.75, 3.05) is 0 Å². The first-order chi connectivity index (χ1) is 9.75. The number of hydrogen-bond donors (Lipinski definition) is 1. The second kappa shape index (κ2) is 5.33. The fourth-order valence-corrected chi connectivity index (χ4v) is 2.76. The van der Waals surface area contributed by atoms with Crippen molar-refractivity contribution in [3.63, 3.8) is 0 Å². The van der Waals surface area contributed by atoms with E-state index in [9.17, 15) is 4.79 Å². The van der Waals surface area contributed by atoms with Crippen LogP contribution in [0.2, 0.25) is 0 Å². The summed E-state index contributed by atoms with van der Waals surface area (Å²) < 4.78 is 0. The molecule has 0 aliphatic heterocycles. The van der Waals surface area contributed by atoms with Crippen molar-refractivity contribution in [1.29, 1.82) is 0 Å². The van der Waals surface area contributed by atoms with Gasteiger partial charge in [0, 0.05) is 29.4 Å². The Morgan fingerprint density at radius 2 is 1.75 bits per heavy atom. The van der Waals surface area contributed by atoms with Gasteiger partial charge in [-0.3, -0.25) is 4.79 Å². The molecule has 0 saturated carbocycles. The molecule has 20 heavy (non-hydrogen) atoms. The zero-order valence-corrected chi connectivity index (χ0v) is 11.5. The van der Waals surface area contributed by atoms with Crippen LogP contribution in [0.4, 0.5) is 0 Å². The molecule has 1 atom stereocenters. The van der Waals surface area contributed by atoms with Gasteiger partial charge in [-0.2, -0.15) is 0 Å². The fourth-order valence-electron chi connectivity index (χ4n) is 2.76. The number of aromatic amines is 1. The maximum atomic E-state index is 11.6. The number of para-hydroxylation sites is 1. The lowest BCUT2D eigenvalue weighted by atomic mass is 9.87. The Bertz CT molecular complexity index is 727. The number of hydrogen-bond acceptors (Lipinski definition) is 1. The van der Waals surface area contributed by atoms with Crippen LogP contribution >= 0.6 is 0 Å². The second-order valence-corrected chi connectivity index (χ2v) is 5.16. The standard InChI is InChI=1S/C18H17NO/c1-13(20)11-16(14-7-3-2-4-8-14)17-12-19-18-10-6-5-9-15(17)18/h2-10,12,16,19H,11H2,1H3. The van der Waals surface area contributed by atoms with E-state index < -0.39 is 0 Å². The van der Waals surface area contributed by atoms with Gasteiger partial charge in [0.25, 0.3) is 0 Å². The van der Waals surface area contributed by atoms with Crippen molar-refractivity contribution in [1.82, 2.24) is 4.98 Å². The molecule has 0 spiro atoms. The van der Waals surface area contributed by atoms with Crippen LogP contribution in [0.3, 0.4) is 0 Å². The number of benzene rings is 2. The van der Waals surface area contributed by atoms with E-state index in [0.717, 1.165) is 5.52 Å². The zero-order valence-electron chi connectivity index (χ0n) is 11.5. The Morgan fingerprint density at radius 1 is 1.05 bits per heavy atom. The van der Waals surface area contributed by atoms with Crippen LogP contribution < -0.4 is 0 Å². The molecule has 2 aromatic carbocycles. The molecule has 0 fully saturated rings. The first-order valence-corrected chi connectivity index (χ1v) is 6.86. The summed E-state index contributed by atoms with van der Waals surface area (Å²) in [4.78, 5) is 14.9. The van der Waals surface area contributed by atoms with Gasteiger partial charge < -0.3 is 4.98 Å². The molecule has 3 rings (SSSR count). The summed E-state index contributed by atoms with van der Waals surface area (Å²) in [6.07, 6.45) is 2.57. The maximum Gasteiger partial charge on any atom is 0.130 e. The van der Waals surface area contributed by atoms with Crippen molar-refractivity contribution < 1.29 is 4.79 Å². The summed E-state index contributed by atoms with van der Waals surface area (Å²) in [5.41, 5.74) is 3.50. The quantitative estimate of drug-likeness (QED) is 0.748. The molecular formula is C18H17NO. The molecular weight excluding hydrogens is 246 g/mol. The molecule has 1 unspecified atom stereocenters. The average molecular weight is 263 g/mol. The van der Waals surface area contributed by atoms with E-state index in [4.69, 9.17) is 0 Å². The van der Waals surface area contributed by atoms with E-state index in [1.807, 2.05) is 36.5 Å². The highest BCUT2D eigenvalue weighted by Crippen LogP contribution is 2.33. The van der Waals surface area contributed by atoms with Crippen molar-refractivity contribution in [3.05, 3.63) is 71.9 Å². The van der Waals surface area contributed by atoms with Crippen LogP contribution in [-0.4, -0.2) is 10.8 Å². The number of nitrogens with one attached hydrogen (secondary N) is 1. The van der Waals surface area contributed by atoms with E-state index in [1.165, 1.54) is 16.5 Å². The van der Waals surface area contributed by atoms with Gasteiger partial charge in [-0.25, -0.2) is 0 Å². The summed E-state index contributed by atoms with van der Waals surface area (Å²) in [7, 11) is 0. The van der Waals surface area contributed by atoms with Crippen LogP contribution in [0.15, 0.2) is 60.8 Å². The molecule has 0 amide bonds. The van der Waals surface area contributed by atoms with Crippen LogP contribution in [0.25, 0.3) is 10.9 Å².